The third-order valence-electron chi connectivity index (χ3n) is 6.72. The highest BCUT2D eigenvalue weighted by Gasteiger charge is 2.48. The molecule has 11 heteroatoms. The van der Waals surface area contributed by atoms with Crippen molar-refractivity contribution in [3.63, 3.8) is 0 Å². The van der Waals surface area contributed by atoms with Crippen LogP contribution in [0.2, 0.25) is 5.02 Å². The molecule has 3 heterocycles. The number of aromatic nitrogens is 3. The van der Waals surface area contributed by atoms with Gasteiger partial charge in [0, 0.05) is 28.7 Å². The van der Waals surface area contributed by atoms with E-state index in [1.807, 2.05) is 54.6 Å². The van der Waals surface area contributed by atoms with Gasteiger partial charge < -0.3 is 9.84 Å². The number of benzene rings is 3. The van der Waals surface area contributed by atoms with Crippen molar-refractivity contribution in [3.05, 3.63) is 136 Å². The maximum atomic E-state index is 13.5. The molecule has 8 nitrogen and oxygen atoms in total. The number of hydrogen-bond acceptors (Lipinski definition) is 9. The Labute approximate surface area is 260 Å². The van der Waals surface area contributed by atoms with Gasteiger partial charge in [0.15, 0.2) is 4.34 Å². The van der Waals surface area contributed by atoms with Crippen molar-refractivity contribution >= 4 is 57.3 Å². The molecule has 1 fully saturated rings. The van der Waals surface area contributed by atoms with Gasteiger partial charge in [-0.25, -0.2) is 0 Å². The highest BCUT2D eigenvalue weighted by atomic mass is 35.5. The lowest BCUT2D eigenvalue weighted by molar-refractivity contribution is -0.132. The van der Waals surface area contributed by atoms with Gasteiger partial charge in [0.2, 0.25) is 5.13 Å². The van der Waals surface area contributed by atoms with Crippen LogP contribution >= 0.6 is 34.7 Å². The van der Waals surface area contributed by atoms with Crippen LogP contribution in [-0.4, -0.2) is 32.0 Å². The lowest BCUT2D eigenvalue weighted by atomic mass is 9.95. The molecular formula is C32H23ClN4O4S2. The molecular weight excluding hydrogens is 604 g/mol. The van der Waals surface area contributed by atoms with Gasteiger partial charge in [0.05, 0.1) is 11.6 Å². The van der Waals surface area contributed by atoms with E-state index >= 15 is 0 Å². The number of Topliss-reactive ketones (excluding diaryl/α,β-unsaturated/α-hetero) is 1. The fourth-order valence-corrected chi connectivity index (χ4v) is 6.53. The average molecular weight is 627 g/mol. The Morgan fingerprint density at radius 1 is 0.907 bits per heavy atom. The van der Waals surface area contributed by atoms with Gasteiger partial charge >= 0.3 is 5.91 Å². The Hall–Kier alpha value is -4.51. The van der Waals surface area contributed by atoms with Crippen molar-refractivity contribution in [2.45, 2.75) is 22.7 Å². The minimum Gasteiger partial charge on any atom is -0.507 e. The van der Waals surface area contributed by atoms with Crippen molar-refractivity contribution in [1.29, 1.82) is 0 Å². The number of nitrogens with zero attached hydrogens (tertiary/aromatic N) is 4. The molecule has 5 aromatic rings. The highest BCUT2D eigenvalue weighted by molar-refractivity contribution is 8.00. The second kappa shape index (κ2) is 12.8. The standard InChI is InChI=1S/C32H23ClN4O4S2/c33-24-10-6-21(7-11-24)19-42-32-36-35-31(43-32)37-27(26(29(39)30(37)40)28(38)23-14-16-34-17-15-23)22-8-12-25(13-9-22)41-18-20-4-2-1-3-5-20/h1-17,27,38H,18-19H2. The van der Waals surface area contributed by atoms with Gasteiger partial charge in [-0.1, -0.05) is 89.3 Å². The molecule has 2 aromatic heterocycles. The van der Waals surface area contributed by atoms with Crippen molar-refractivity contribution < 1.29 is 19.4 Å². The van der Waals surface area contributed by atoms with E-state index in [2.05, 4.69) is 15.2 Å². The number of aliphatic hydroxyl groups is 1. The Bertz CT molecular complexity index is 1780. The number of rotatable bonds is 9. The second-order valence-corrected chi connectivity index (χ2v) is 12.1. The monoisotopic (exact) mass is 626 g/mol. The van der Waals surface area contributed by atoms with Crippen LogP contribution in [0.4, 0.5) is 5.13 Å². The summed E-state index contributed by atoms with van der Waals surface area (Å²) in [7, 11) is 0. The van der Waals surface area contributed by atoms with Crippen LogP contribution in [-0.2, 0) is 21.9 Å². The average Bonchev–Trinajstić information content (AvgIpc) is 3.62. The number of ether oxygens (including phenoxy) is 1. The zero-order valence-electron chi connectivity index (χ0n) is 22.5. The molecule has 1 atom stereocenters. The maximum Gasteiger partial charge on any atom is 0.301 e. The lowest BCUT2D eigenvalue weighted by Gasteiger charge is -2.22. The van der Waals surface area contributed by atoms with Gasteiger partial charge in [-0.05, 0) is 53.1 Å². The predicted molar refractivity (Wildman–Crippen MR) is 167 cm³/mol. The molecule has 0 radical (unpaired) electrons. The minimum absolute atomic E-state index is 0.0419. The number of pyridine rings is 1. The number of carbonyl (C=O) groups excluding carboxylic acids is 2. The number of hydrogen-bond donors (Lipinski definition) is 1. The summed E-state index contributed by atoms with van der Waals surface area (Å²) in [6, 6.07) is 26.6. The number of aliphatic hydroxyl groups excluding tert-OH is 1. The molecule has 1 unspecified atom stereocenters. The predicted octanol–water partition coefficient (Wildman–Crippen LogP) is 7.08. The van der Waals surface area contributed by atoms with Gasteiger partial charge in [-0.3, -0.25) is 19.5 Å². The Kier molecular flexibility index (Phi) is 8.50. The zero-order chi connectivity index (χ0) is 29.8. The first-order valence-electron chi connectivity index (χ1n) is 13.2. The molecule has 0 saturated carbocycles. The lowest BCUT2D eigenvalue weighted by Crippen LogP contribution is -2.29. The maximum absolute atomic E-state index is 13.5. The van der Waals surface area contributed by atoms with Crippen LogP contribution in [0.25, 0.3) is 5.76 Å². The molecule has 1 amide bonds. The van der Waals surface area contributed by atoms with E-state index < -0.39 is 17.7 Å². The van der Waals surface area contributed by atoms with Crippen LogP contribution in [0.3, 0.4) is 0 Å². The van der Waals surface area contributed by atoms with Crippen molar-refractivity contribution in [3.8, 4) is 5.75 Å². The summed E-state index contributed by atoms with van der Waals surface area (Å²) in [6.45, 7) is 0.391. The summed E-state index contributed by atoms with van der Waals surface area (Å²) in [6.07, 6.45) is 3.02. The van der Waals surface area contributed by atoms with Gasteiger partial charge in [-0.2, -0.15) is 0 Å². The Balaban J connectivity index is 1.32. The second-order valence-electron chi connectivity index (χ2n) is 9.51. The fraction of sp³-hybridized carbons (Fsp3) is 0.0938. The van der Waals surface area contributed by atoms with E-state index in [9.17, 15) is 14.7 Å². The van der Waals surface area contributed by atoms with Crippen LogP contribution in [0, 0.1) is 0 Å². The number of thioether (sulfide) groups is 1. The topological polar surface area (TPSA) is 106 Å². The molecule has 43 heavy (non-hydrogen) atoms. The first kappa shape index (κ1) is 28.6. The van der Waals surface area contributed by atoms with Crippen molar-refractivity contribution in [2.24, 2.45) is 0 Å². The Morgan fingerprint density at radius 3 is 2.35 bits per heavy atom. The molecule has 1 aliphatic heterocycles. The summed E-state index contributed by atoms with van der Waals surface area (Å²) in [5.74, 6) is -0.653. The molecule has 0 spiro atoms. The third-order valence-corrected chi connectivity index (χ3v) is 9.10. The molecule has 3 aromatic carbocycles. The van der Waals surface area contributed by atoms with E-state index in [0.29, 0.717) is 38.6 Å². The SMILES string of the molecule is O=C1C(=O)N(c2nnc(SCc3ccc(Cl)cc3)s2)C(c2ccc(OCc3ccccc3)cc2)C1=C(O)c1ccncc1. The van der Waals surface area contributed by atoms with E-state index in [1.165, 1.54) is 40.4 Å². The van der Waals surface area contributed by atoms with Crippen molar-refractivity contribution in [1.82, 2.24) is 15.2 Å². The number of amides is 1. The summed E-state index contributed by atoms with van der Waals surface area (Å²) in [4.78, 5) is 32.2. The smallest absolute Gasteiger partial charge is 0.301 e. The molecule has 1 aliphatic rings. The Morgan fingerprint density at radius 2 is 1.63 bits per heavy atom. The van der Waals surface area contributed by atoms with Gasteiger partial charge in [0.1, 0.15) is 18.1 Å². The molecule has 6 rings (SSSR count). The summed E-state index contributed by atoms with van der Waals surface area (Å²) >= 11 is 8.66. The van der Waals surface area contributed by atoms with Crippen LogP contribution in [0.1, 0.15) is 28.3 Å². The highest BCUT2D eigenvalue weighted by Crippen LogP contribution is 2.44. The van der Waals surface area contributed by atoms with E-state index in [1.54, 1.807) is 36.4 Å². The largest absolute Gasteiger partial charge is 0.507 e. The molecule has 214 valence electrons. The molecule has 1 N–H and O–H groups in total. The van der Waals surface area contributed by atoms with E-state index in [0.717, 1.165) is 11.1 Å². The first-order valence-corrected chi connectivity index (χ1v) is 15.3. The minimum atomic E-state index is -0.932. The van der Waals surface area contributed by atoms with Gasteiger partial charge in [-0.15, -0.1) is 10.2 Å². The normalized spacial score (nSPS) is 16.0. The summed E-state index contributed by atoms with van der Waals surface area (Å²) in [5, 5.41) is 20.7. The number of carbonyl (C=O) groups is 2. The third kappa shape index (κ3) is 6.31. The van der Waals surface area contributed by atoms with E-state index in [4.69, 9.17) is 16.3 Å². The fourth-order valence-electron chi connectivity index (χ4n) is 4.58. The number of halogens is 1. The van der Waals surface area contributed by atoms with Crippen LogP contribution < -0.4 is 9.64 Å². The van der Waals surface area contributed by atoms with Gasteiger partial charge in [0.25, 0.3) is 5.78 Å². The van der Waals surface area contributed by atoms with E-state index in [-0.39, 0.29) is 16.5 Å². The summed E-state index contributed by atoms with van der Waals surface area (Å²) < 4.78 is 6.56. The van der Waals surface area contributed by atoms with Crippen LogP contribution in [0.5, 0.6) is 5.75 Å². The first-order chi connectivity index (χ1) is 21.0. The van der Waals surface area contributed by atoms with Crippen molar-refractivity contribution in [2.75, 3.05) is 4.90 Å². The molecule has 0 bridgehead atoms. The zero-order valence-corrected chi connectivity index (χ0v) is 24.9. The number of ketones is 1. The van der Waals surface area contributed by atoms with Crippen LogP contribution in [0.15, 0.2) is 113 Å². The molecule has 1 saturated heterocycles. The molecule has 0 aliphatic carbocycles. The number of anilines is 1. The quantitative estimate of drug-likeness (QED) is 0.0608. The summed E-state index contributed by atoms with van der Waals surface area (Å²) in [5.41, 5.74) is 3.01.